The minimum Gasteiger partial charge on any atom is -0.334 e. The lowest BCUT2D eigenvalue weighted by Crippen LogP contribution is -2.40. The van der Waals surface area contributed by atoms with Gasteiger partial charge < -0.3 is 15.5 Å². The fourth-order valence-corrected chi connectivity index (χ4v) is 3.62. The predicted molar refractivity (Wildman–Crippen MR) is 104 cm³/mol. The lowest BCUT2D eigenvalue weighted by Gasteiger charge is -2.25. The van der Waals surface area contributed by atoms with Crippen LogP contribution < -0.4 is 10.6 Å². The number of carbonyl (C=O) groups excluding carboxylic acids is 2. The summed E-state index contributed by atoms with van der Waals surface area (Å²) in [5.41, 5.74) is 1.57. The Morgan fingerprint density at radius 1 is 1.15 bits per heavy atom. The highest BCUT2D eigenvalue weighted by atomic mass is 35.5. The van der Waals surface area contributed by atoms with Crippen molar-refractivity contribution in [2.45, 2.75) is 25.4 Å². The van der Waals surface area contributed by atoms with Gasteiger partial charge in [-0.25, -0.2) is 4.79 Å². The number of benzene rings is 2. The zero-order valence-corrected chi connectivity index (χ0v) is 15.7. The number of nitrogens with zero attached hydrogens (tertiary/aromatic N) is 1. The highest BCUT2D eigenvalue weighted by Crippen LogP contribution is 2.26. The molecule has 1 saturated heterocycles. The molecule has 7 heteroatoms. The van der Waals surface area contributed by atoms with Crippen molar-refractivity contribution in [1.82, 2.24) is 10.2 Å². The molecule has 26 heavy (non-hydrogen) atoms. The minimum atomic E-state index is -0.393. The molecule has 2 unspecified atom stereocenters. The first-order valence-corrected chi connectivity index (χ1v) is 9.06. The number of rotatable bonds is 4. The van der Waals surface area contributed by atoms with Gasteiger partial charge in [-0.15, -0.1) is 0 Å². The van der Waals surface area contributed by atoms with Gasteiger partial charge in [-0.2, -0.15) is 0 Å². The second kappa shape index (κ2) is 7.98. The summed E-state index contributed by atoms with van der Waals surface area (Å²) in [6.07, 6.45) is 0.279. The minimum absolute atomic E-state index is 0.0254. The molecule has 0 saturated carbocycles. The summed E-state index contributed by atoms with van der Waals surface area (Å²) in [5, 5.41) is 6.40. The Morgan fingerprint density at radius 2 is 1.81 bits per heavy atom. The molecule has 0 aromatic heterocycles. The van der Waals surface area contributed by atoms with Crippen LogP contribution in [0.1, 0.15) is 24.9 Å². The summed E-state index contributed by atoms with van der Waals surface area (Å²) < 4.78 is 0. The molecule has 2 aromatic rings. The maximum atomic E-state index is 12.3. The monoisotopic (exact) mass is 391 g/mol. The van der Waals surface area contributed by atoms with Gasteiger partial charge in [-0.3, -0.25) is 4.79 Å². The molecule has 5 nitrogen and oxygen atoms in total. The van der Waals surface area contributed by atoms with Crippen LogP contribution in [0.15, 0.2) is 48.5 Å². The lowest BCUT2D eigenvalue weighted by atomic mass is 10.1. The average molecular weight is 392 g/mol. The van der Waals surface area contributed by atoms with E-state index >= 15 is 0 Å². The molecule has 1 aliphatic heterocycles. The maximum absolute atomic E-state index is 12.3. The van der Waals surface area contributed by atoms with E-state index in [1.54, 1.807) is 23.1 Å². The molecule has 3 rings (SSSR count). The number of carbonyl (C=O) groups is 2. The molecular formula is C19H19Cl2N3O2. The van der Waals surface area contributed by atoms with Crippen LogP contribution in [-0.4, -0.2) is 29.4 Å². The summed E-state index contributed by atoms with van der Waals surface area (Å²) in [7, 11) is 0. The number of amides is 3. The Labute approximate surface area is 162 Å². The van der Waals surface area contributed by atoms with Gasteiger partial charge in [-0.1, -0.05) is 53.5 Å². The Bertz CT molecular complexity index is 793. The fraction of sp³-hybridized carbons (Fsp3) is 0.263. The Morgan fingerprint density at radius 3 is 2.46 bits per heavy atom. The molecule has 1 aliphatic rings. The molecule has 1 heterocycles. The van der Waals surface area contributed by atoms with Crippen LogP contribution in [0.3, 0.4) is 0 Å². The van der Waals surface area contributed by atoms with Crippen LogP contribution in [0.25, 0.3) is 0 Å². The molecule has 0 radical (unpaired) electrons. The summed E-state index contributed by atoms with van der Waals surface area (Å²) in [6.45, 7) is 2.46. The zero-order chi connectivity index (χ0) is 18.7. The van der Waals surface area contributed by atoms with Crippen molar-refractivity contribution in [3.05, 3.63) is 64.1 Å². The zero-order valence-electron chi connectivity index (χ0n) is 14.2. The number of likely N-dealkylation sites (tertiary alicyclic amines) is 1. The molecule has 2 N–H and O–H groups in total. The summed E-state index contributed by atoms with van der Waals surface area (Å²) in [5.74, 6) is 0.0254. The van der Waals surface area contributed by atoms with Gasteiger partial charge in [0.2, 0.25) is 5.91 Å². The summed E-state index contributed by atoms with van der Waals surface area (Å²) in [6, 6.07) is 14.0. The predicted octanol–water partition coefficient (Wildman–Crippen LogP) is 4.48. The number of nitrogens with one attached hydrogen (secondary N) is 2. The number of urea groups is 1. The van der Waals surface area contributed by atoms with E-state index in [1.807, 2.05) is 37.3 Å². The van der Waals surface area contributed by atoms with Crippen molar-refractivity contribution in [3.63, 3.8) is 0 Å². The van der Waals surface area contributed by atoms with Crippen LogP contribution >= 0.6 is 23.2 Å². The smallest absolute Gasteiger partial charge is 0.319 e. The number of hydrogen-bond donors (Lipinski definition) is 2. The van der Waals surface area contributed by atoms with E-state index in [2.05, 4.69) is 10.6 Å². The lowest BCUT2D eigenvalue weighted by molar-refractivity contribution is -0.129. The first-order valence-electron chi connectivity index (χ1n) is 8.30. The summed E-state index contributed by atoms with van der Waals surface area (Å²) >= 11 is 11.9. The van der Waals surface area contributed by atoms with E-state index in [0.717, 1.165) is 5.56 Å². The van der Waals surface area contributed by atoms with Gasteiger partial charge in [0.05, 0.1) is 12.1 Å². The molecular weight excluding hydrogens is 373 g/mol. The normalized spacial score (nSPS) is 17.9. The fourth-order valence-electron chi connectivity index (χ4n) is 3.09. The molecule has 0 aliphatic carbocycles. The van der Waals surface area contributed by atoms with Crippen molar-refractivity contribution < 1.29 is 9.59 Å². The van der Waals surface area contributed by atoms with Crippen molar-refractivity contribution in [1.29, 1.82) is 0 Å². The van der Waals surface area contributed by atoms with Crippen molar-refractivity contribution in [3.8, 4) is 0 Å². The van der Waals surface area contributed by atoms with Crippen LogP contribution in [0.5, 0.6) is 0 Å². The maximum Gasteiger partial charge on any atom is 0.319 e. The van der Waals surface area contributed by atoms with Crippen LogP contribution in [0.2, 0.25) is 10.0 Å². The van der Waals surface area contributed by atoms with Gasteiger partial charge in [0.1, 0.15) is 0 Å². The molecule has 0 bridgehead atoms. The second-order valence-corrected chi connectivity index (χ2v) is 7.16. The Kier molecular flexibility index (Phi) is 5.69. The number of halogens is 2. The first-order chi connectivity index (χ1) is 12.4. The van der Waals surface area contributed by atoms with Crippen LogP contribution in [0.4, 0.5) is 10.5 Å². The van der Waals surface area contributed by atoms with Gasteiger partial charge in [-0.05, 0) is 30.7 Å². The third-order valence-electron chi connectivity index (χ3n) is 4.36. The van der Waals surface area contributed by atoms with E-state index in [-0.39, 0.29) is 24.4 Å². The van der Waals surface area contributed by atoms with Gasteiger partial charge in [0.25, 0.3) is 0 Å². The largest absolute Gasteiger partial charge is 0.334 e. The van der Waals surface area contributed by atoms with Gasteiger partial charge >= 0.3 is 6.03 Å². The molecule has 0 spiro atoms. The molecule has 2 aromatic carbocycles. The molecule has 1 fully saturated rings. The first kappa shape index (κ1) is 18.5. The number of hydrogen-bond acceptors (Lipinski definition) is 2. The SMILES string of the molecule is CC(c1ccccc1)N1CC(NC(=O)Nc2cc(Cl)cc(Cl)c2)CC1=O. The molecule has 3 amide bonds. The topological polar surface area (TPSA) is 61.4 Å². The quantitative estimate of drug-likeness (QED) is 0.806. The van der Waals surface area contributed by atoms with Crippen molar-refractivity contribution in [2.24, 2.45) is 0 Å². The molecule has 136 valence electrons. The third kappa shape index (κ3) is 4.48. The Hall–Kier alpha value is -2.24. The van der Waals surface area contributed by atoms with E-state index in [4.69, 9.17) is 23.2 Å². The van der Waals surface area contributed by atoms with Crippen molar-refractivity contribution >= 4 is 40.8 Å². The second-order valence-electron chi connectivity index (χ2n) is 6.29. The van der Waals surface area contributed by atoms with E-state index in [1.165, 1.54) is 0 Å². The third-order valence-corrected chi connectivity index (χ3v) is 4.80. The van der Waals surface area contributed by atoms with E-state index < -0.39 is 6.03 Å². The number of anilines is 1. The van der Waals surface area contributed by atoms with Crippen molar-refractivity contribution in [2.75, 3.05) is 11.9 Å². The van der Waals surface area contributed by atoms with E-state index in [0.29, 0.717) is 22.3 Å². The van der Waals surface area contributed by atoms with Crippen LogP contribution in [-0.2, 0) is 4.79 Å². The highest BCUT2D eigenvalue weighted by molar-refractivity contribution is 6.35. The average Bonchev–Trinajstić information content (AvgIpc) is 2.94. The van der Waals surface area contributed by atoms with Crippen LogP contribution in [0, 0.1) is 0 Å². The Balaban J connectivity index is 1.59. The highest BCUT2D eigenvalue weighted by Gasteiger charge is 2.33. The van der Waals surface area contributed by atoms with Gasteiger partial charge in [0.15, 0.2) is 0 Å². The molecule has 2 atom stereocenters. The standard InChI is InChI=1S/C19H19Cl2N3O2/c1-12(13-5-3-2-4-6-13)24-11-17(10-18(24)25)23-19(26)22-16-8-14(20)7-15(21)9-16/h2-9,12,17H,10-11H2,1H3,(H2,22,23,26). The summed E-state index contributed by atoms with van der Waals surface area (Å²) in [4.78, 5) is 26.3. The van der Waals surface area contributed by atoms with Gasteiger partial charge in [0, 0.05) is 28.7 Å². The van der Waals surface area contributed by atoms with E-state index in [9.17, 15) is 9.59 Å².